The van der Waals surface area contributed by atoms with Crippen LogP contribution in [0.15, 0.2) is 89.3 Å². The molecule has 0 heterocycles. The van der Waals surface area contributed by atoms with E-state index in [1.807, 2.05) is 49.4 Å². The fraction of sp³-hybridized carbons (Fsp3) is 0.125. The highest BCUT2D eigenvalue weighted by molar-refractivity contribution is 7.83. The fourth-order valence-electron chi connectivity index (χ4n) is 2.91. The molecular formula is C24H22ClNO3S. The third-order valence-electron chi connectivity index (χ3n) is 4.52. The van der Waals surface area contributed by atoms with Crippen LogP contribution < -0.4 is 4.72 Å². The van der Waals surface area contributed by atoms with Crippen molar-refractivity contribution in [3.05, 3.63) is 106 Å². The number of methoxy groups -OCH3 is 1. The van der Waals surface area contributed by atoms with Gasteiger partial charge in [-0.3, -0.25) is 0 Å². The summed E-state index contributed by atoms with van der Waals surface area (Å²) in [6.45, 7) is 1.97. The van der Waals surface area contributed by atoms with Crippen LogP contribution in [0.5, 0.6) is 0 Å². The summed E-state index contributed by atoms with van der Waals surface area (Å²) in [4.78, 5) is 13.3. The van der Waals surface area contributed by atoms with Gasteiger partial charge < -0.3 is 4.74 Å². The van der Waals surface area contributed by atoms with Gasteiger partial charge in [-0.1, -0.05) is 71.8 Å². The van der Waals surface area contributed by atoms with Gasteiger partial charge in [0.2, 0.25) is 0 Å². The molecule has 0 saturated heterocycles. The molecule has 0 aromatic heterocycles. The first kappa shape index (κ1) is 22.0. The Hall–Kier alpha value is -2.73. The number of nitrogens with one attached hydrogen (secondary N) is 1. The van der Waals surface area contributed by atoms with Crippen molar-refractivity contribution in [3.8, 4) is 0 Å². The van der Waals surface area contributed by atoms with E-state index in [1.54, 1.807) is 42.5 Å². The maximum atomic E-state index is 13.1. The molecule has 0 aliphatic rings. The predicted octanol–water partition coefficient (Wildman–Crippen LogP) is 5.26. The van der Waals surface area contributed by atoms with Gasteiger partial charge in [0.15, 0.2) is 0 Å². The number of esters is 1. The number of aryl methyl sites for hydroxylation is 1. The molecule has 3 aromatic rings. The van der Waals surface area contributed by atoms with E-state index < -0.39 is 23.0 Å². The van der Waals surface area contributed by atoms with Crippen molar-refractivity contribution in [2.45, 2.75) is 17.9 Å². The monoisotopic (exact) mass is 439 g/mol. The second kappa shape index (κ2) is 10.3. The zero-order chi connectivity index (χ0) is 21.5. The van der Waals surface area contributed by atoms with Crippen LogP contribution >= 0.6 is 11.6 Å². The van der Waals surface area contributed by atoms with Crippen LogP contribution in [0, 0.1) is 6.92 Å². The summed E-state index contributed by atoms with van der Waals surface area (Å²) >= 11 is 6.05. The molecule has 0 aliphatic heterocycles. The van der Waals surface area contributed by atoms with E-state index in [9.17, 15) is 9.00 Å². The van der Waals surface area contributed by atoms with E-state index in [0.29, 0.717) is 15.5 Å². The molecule has 1 N–H and O–H groups in total. The molecule has 0 amide bonds. The summed E-state index contributed by atoms with van der Waals surface area (Å²) in [5, 5.41) is 0.573. The van der Waals surface area contributed by atoms with Crippen molar-refractivity contribution in [3.63, 3.8) is 0 Å². The van der Waals surface area contributed by atoms with Crippen LogP contribution in [-0.4, -0.2) is 17.3 Å². The molecule has 2 unspecified atom stereocenters. The van der Waals surface area contributed by atoms with Gasteiger partial charge in [-0.2, -0.15) is 0 Å². The molecule has 3 aromatic carbocycles. The number of hydrogen-bond acceptors (Lipinski definition) is 3. The summed E-state index contributed by atoms with van der Waals surface area (Å²) in [5.74, 6) is -0.507. The summed E-state index contributed by atoms with van der Waals surface area (Å²) in [6, 6.07) is 23.2. The van der Waals surface area contributed by atoms with E-state index in [-0.39, 0.29) is 0 Å². The molecule has 154 valence electrons. The van der Waals surface area contributed by atoms with Gasteiger partial charge in [0.05, 0.1) is 23.6 Å². The molecule has 6 heteroatoms. The van der Waals surface area contributed by atoms with Gasteiger partial charge in [0.1, 0.15) is 11.0 Å². The maximum Gasteiger partial charge on any atom is 0.335 e. The fourth-order valence-corrected chi connectivity index (χ4v) is 4.03. The number of carbonyl (C=O) groups excluding carboxylic acids is 1. The summed E-state index contributed by atoms with van der Waals surface area (Å²) in [6.07, 6.45) is 1.74. The Morgan fingerprint density at radius 3 is 2.23 bits per heavy atom. The smallest absolute Gasteiger partial charge is 0.335 e. The summed E-state index contributed by atoms with van der Waals surface area (Å²) < 4.78 is 21.2. The molecule has 0 saturated carbocycles. The van der Waals surface area contributed by atoms with E-state index in [4.69, 9.17) is 16.3 Å². The van der Waals surface area contributed by atoms with Crippen molar-refractivity contribution >= 4 is 34.6 Å². The molecule has 3 rings (SSSR count). The zero-order valence-corrected chi connectivity index (χ0v) is 18.2. The predicted molar refractivity (Wildman–Crippen MR) is 121 cm³/mol. The van der Waals surface area contributed by atoms with Crippen molar-refractivity contribution < 1.29 is 13.7 Å². The van der Waals surface area contributed by atoms with Crippen molar-refractivity contribution in [1.29, 1.82) is 0 Å². The molecule has 0 spiro atoms. The number of benzene rings is 3. The molecule has 0 aliphatic carbocycles. The first-order valence-electron chi connectivity index (χ1n) is 9.33. The highest BCUT2D eigenvalue weighted by Gasteiger charge is 2.26. The van der Waals surface area contributed by atoms with Crippen molar-refractivity contribution in [1.82, 2.24) is 4.72 Å². The second-order valence-corrected chi connectivity index (χ2v) is 8.37. The minimum absolute atomic E-state index is 0.339. The van der Waals surface area contributed by atoms with Gasteiger partial charge in [0, 0.05) is 5.02 Å². The average molecular weight is 440 g/mol. The van der Waals surface area contributed by atoms with Crippen LogP contribution in [-0.2, 0) is 20.5 Å². The minimum atomic E-state index is -1.56. The number of halogens is 1. The van der Waals surface area contributed by atoms with Gasteiger partial charge in [-0.05, 0) is 48.4 Å². The first-order chi connectivity index (χ1) is 14.5. The number of ether oxygens (including phenoxy) is 1. The Bertz CT molecular complexity index is 1050. The topological polar surface area (TPSA) is 55.4 Å². The van der Waals surface area contributed by atoms with Crippen LogP contribution in [0.4, 0.5) is 0 Å². The largest absolute Gasteiger partial charge is 0.466 e. The van der Waals surface area contributed by atoms with Crippen LogP contribution in [0.3, 0.4) is 0 Å². The van der Waals surface area contributed by atoms with E-state index >= 15 is 0 Å². The SMILES string of the molecule is COC(=O)/C(=C\c1ccccc1)C(NS(=O)c1ccc(C)cc1)c1ccc(Cl)cc1. The van der Waals surface area contributed by atoms with Gasteiger partial charge in [-0.25, -0.2) is 13.7 Å². The minimum Gasteiger partial charge on any atom is -0.466 e. The van der Waals surface area contributed by atoms with Gasteiger partial charge in [-0.15, -0.1) is 0 Å². The van der Waals surface area contributed by atoms with Crippen LogP contribution in [0.1, 0.15) is 22.7 Å². The Balaban J connectivity index is 2.05. The molecule has 0 bridgehead atoms. The van der Waals surface area contributed by atoms with Gasteiger partial charge >= 0.3 is 5.97 Å². The molecule has 0 radical (unpaired) electrons. The second-order valence-electron chi connectivity index (χ2n) is 6.69. The number of rotatable bonds is 7. The lowest BCUT2D eigenvalue weighted by Crippen LogP contribution is -2.29. The Labute approximate surface area is 184 Å². The van der Waals surface area contributed by atoms with Crippen LogP contribution in [0.25, 0.3) is 6.08 Å². The van der Waals surface area contributed by atoms with E-state index in [1.165, 1.54) is 7.11 Å². The molecular weight excluding hydrogens is 418 g/mol. The Kier molecular flexibility index (Phi) is 7.57. The lowest BCUT2D eigenvalue weighted by molar-refractivity contribution is -0.136. The van der Waals surface area contributed by atoms with Crippen molar-refractivity contribution in [2.75, 3.05) is 7.11 Å². The first-order valence-corrected chi connectivity index (χ1v) is 10.9. The highest BCUT2D eigenvalue weighted by Crippen LogP contribution is 2.27. The molecule has 0 fully saturated rings. The third kappa shape index (κ3) is 5.66. The lowest BCUT2D eigenvalue weighted by atomic mass is 9.97. The van der Waals surface area contributed by atoms with Crippen molar-refractivity contribution in [2.24, 2.45) is 0 Å². The standard InChI is InChI=1S/C24H22ClNO3S/c1-17-8-14-21(15-9-17)30(28)26-23(19-10-12-20(25)13-11-19)22(24(27)29-2)16-18-6-4-3-5-7-18/h3-16,23,26H,1-2H3/b22-16-. The normalized spacial score (nSPS) is 13.5. The molecule has 2 atom stereocenters. The van der Waals surface area contributed by atoms with E-state index in [2.05, 4.69) is 4.72 Å². The average Bonchev–Trinajstić information content (AvgIpc) is 2.77. The van der Waals surface area contributed by atoms with E-state index in [0.717, 1.165) is 16.7 Å². The quantitative estimate of drug-likeness (QED) is 0.403. The Morgan fingerprint density at radius 1 is 1.00 bits per heavy atom. The number of carbonyl (C=O) groups is 1. The maximum absolute atomic E-state index is 13.1. The van der Waals surface area contributed by atoms with Gasteiger partial charge in [0.25, 0.3) is 0 Å². The third-order valence-corrected chi connectivity index (χ3v) is 5.92. The molecule has 30 heavy (non-hydrogen) atoms. The lowest BCUT2D eigenvalue weighted by Gasteiger charge is -2.21. The summed E-state index contributed by atoms with van der Waals surface area (Å²) in [5.41, 5.74) is 2.99. The zero-order valence-electron chi connectivity index (χ0n) is 16.7. The summed E-state index contributed by atoms with van der Waals surface area (Å²) in [7, 11) is -0.226. The Morgan fingerprint density at radius 2 is 1.63 bits per heavy atom. The molecule has 4 nitrogen and oxygen atoms in total. The number of hydrogen-bond donors (Lipinski definition) is 1. The highest BCUT2D eigenvalue weighted by atomic mass is 35.5. The van der Waals surface area contributed by atoms with Crippen LogP contribution in [0.2, 0.25) is 5.02 Å².